The SMILES string of the molecule is O=C(NCc1csc2c1S(O)(O)N=C(c1c(O)c3ccccc3n(Cc3ccccc3)c1=O)N2)N1CCOCC1. The molecule has 2 aromatic heterocycles. The Kier molecular flexibility index (Phi) is 6.98. The number of benzene rings is 2. The number of rotatable bonds is 5. The molecule has 2 amide bonds. The van der Waals surface area contributed by atoms with Crippen LogP contribution in [0.5, 0.6) is 5.75 Å². The van der Waals surface area contributed by atoms with Crippen molar-refractivity contribution in [3.63, 3.8) is 0 Å². The number of para-hydroxylation sites is 1. The van der Waals surface area contributed by atoms with Gasteiger partial charge in [-0.3, -0.25) is 13.9 Å². The number of nitrogens with one attached hydrogen (secondary N) is 2. The Morgan fingerprint density at radius 2 is 1.82 bits per heavy atom. The second-order valence-electron chi connectivity index (χ2n) is 9.38. The minimum Gasteiger partial charge on any atom is -0.506 e. The predicted molar refractivity (Wildman–Crippen MR) is 156 cm³/mol. The molecule has 0 bridgehead atoms. The summed E-state index contributed by atoms with van der Waals surface area (Å²) in [5.41, 5.74) is 1.24. The van der Waals surface area contributed by atoms with Gasteiger partial charge in [0.1, 0.15) is 21.2 Å². The molecule has 4 heterocycles. The van der Waals surface area contributed by atoms with Crippen molar-refractivity contribution >= 4 is 49.9 Å². The number of morpholine rings is 1. The van der Waals surface area contributed by atoms with Crippen LogP contribution in [0.2, 0.25) is 0 Å². The van der Waals surface area contributed by atoms with E-state index in [9.17, 15) is 23.8 Å². The summed E-state index contributed by atoms with van der Waals surface area (Å²) in [4.78, 5) is 28.2. The van der Waals surface area contributed by atoms with Gasteiger partial charge < -0.3 is 29.9 Å². The van der Waals surface area contributed by atoms with Gasteiger partial charge >= 0.3 is 6.03 Å². The smallest absolute Gasteiger partial charge is 0.317 e. The van der Waals surface area contributed by atoms with Gasteiger partial charge in [-0.15, -0.1) is 15.7 Å². The molecule has 208 valence electrons. The van der Waals surface area contributed by atoms with E-state index in [1.165, 1.54) is 15.9 Å². The summed E-state index contributed by atoms with van der Waals surface area (Å²) < 4.78 is 33.2. The number of aromatic nitrogens is 1. The minimum atomic E-state index is -3.77. The fraction of sp³-hybridized carbons (Fsp3) is 0.222. The number of hydrogen-bond donors (Lipinski definition) is 5. The number of amidine groups is 1. The van der Waals surface area contributed by atoms with Crippen LogP contribution in [0.15, 0.2) is 74.1 Å². The number of amides is 2. The second-order valence-corrected chi connectivity index (χ2v) is 11.9. The highest BCUT2D eigenvalue weighted by Gasteiger charge is 2.34. The van der Waals surface area contributed by atoms with Crippen LogP contribution in [0, 0.1) is 0 Å². The molecule has 0 spiro atoms. The Morgan fingerprint density at radius 1 is 1.10 bits per heavy atom. The molecule has 13 heteroatoms. The van der Waals surface area contributed by atoms with Crippen molar-refractivity contribution in [1.82, 2.24) is 14.8 Å². The highest BCUT2D eigenvalue weighted by atomic mass is 32.3. The quantitative estimate of drug-likeness (QED) is 0.237. The molecule has 2 aliphatic rings. The van der Waals surface area contributed by atoms with Crippen molar-refractivity contribution in [3.8, 4) is 5.75 Å². The summed E-state index contributed by atoms with van der Waals surface area (Å²) in [5, 5.41) is 19.6. The first-order valence-electron chi connectivity index (χ1n) is 12.6. The highest BCUT2D eigenvalue weighted by Crippen LogP contribution is 2.59. The van der Waals surface area contributed by atoms with Crippen LogP contribution in [0.4, 0.5) is 9.80 Å². The van der Waals surface area contributed by atoms with E-state index < -0.39 is 16.3 Å². The molecule has 4 aromatic rings. The van der Waals surface area contributed by atoms with Gasteiger partial charge in [0.25, 0.3) is 5.56 Å². The van der Waals surface area contributed by atoms with Gasteiger partial charge in [-0.25, -0.2) is 4.79 Å². The van der Waals surface area contributed by atoms with Crippen LogP contribution < -0.4 is 16.2 Å². The third-order valence-corrected chi connectivity index (χ3v) is 9.36. The van der Waals surface area contributed by atoms with E-state index in [0.717, 1.165) is 5.56 Å². The zero-order valence-corrected chi connectivity index (χ0v) is 22.9. The van der Waals surface area contributed by atoms with Crippen LogP contribution >= 0.6 is 22.1 Å². The number of aromatic hydroxyl groups is 1. The average molecular weight is 582 g/mol. The highest BCUT2D eigenvalue weighted by molar-refractivity contribution is 8.23. The van der Waals surface area contributed by atoms with Crippen LogP contribution in [-0.4, -0.2) is 61.8 Å². The van der Waals surface area contributed by atoms with Gasteiger partial charge in [-0.1, -0.05) is 53.2 Å². The van der Waals surface area contributed by atoms with E-state index in [1.807, 2.05) is 30.3 Å². The van der Waals surface area contributed by atoms with Crippen molar-refractivity contribution < 1.29 is 23.7 Å². The Morgan fingerprint density at radius 3 is 2.60 bits per heavy atom. The van der Waals surface area contributed by atoms with Crippen molar-refractivity contribution in [3.05, 3.63) is 87.0 Å². The Balaban J connectivity index is 1.35. The van der Waals surface area contributed by atoms with E-state index in [0.29, 0.717) is 47.8 Å². The molecule has 2 aromatic carbocycles. The molecule has 0 saturated carbocycles. The lowest BCUT2D eigenvalue weighted by Gasteiger charge is -2.33. The van der Waals surface area contributed by atoms with Crippen LogP contribution in [0.25, 0.3) is 10.9 Å². The van der Waals surface area contributed by atoms with E-state index in [1.54, 1.807) is 34.5 Å². The summed E-state index contributed by atoms with van der Waals surface area (Å²) >= 11 is 1.20. The number of pyridine rings is 1. The number of nitrogens with zero attached hydrogens (tertiary/aromatic N) is 3. The standard InChI is InChI=1S/C27H27N5O6S2/c33-22-19-8-4-5-9-20(19)32(15-17-6-2-1-3-7-17)26(34)21(22)24-29-25-23(40(36,37)30-24)18(16-39-25)14-28-27(35)31-10-12-38-13-11-31/h1-9,16,33,36-37H,10-15H2,(H,28,35)(H,29,30). The van der Waals surface area contributed by atoms with Crippen LogP contribution in [0.1, 0.15) is 16.7 Å². The largest absolute Gasteiger partial charge is 0.506 e. The van der Waals surface area contributed by atoms with E-state index in [4.69, 9.17) is 4.74 Å². The number of urea groups is 1. The van der Waals surface area contributed by atoms with Gasteiger partial charge in [0.2, 0.25) is 0 Å². The summed E-state index contributed by atoms with van der Waals surface area (Å²) in [6.07, 6.45) is 0. The molecule has 1 fully saturated rings. The summed E-state index contributed by atoms with van der Waals surface area (Å²) in [6, 6.07) is 16.2. The third kappa shape index (κ3) is 4.82. The lowest BCUT2D eigenvalue weighted by molar-refractivity contribution is 0.0531. The molecular formula is C27H27N5O6S2. The monoisotopic (exact) mass is 581 g/mol. The molecule has 11 nitrogen and oxygen atoms in total. The van der Waals surface area contributed by atoms with Crippen LogP contribution in [-0.2, 0) is 17.8 Å². The lowest BCUT2D eigenvalue weighted by Crippen LogP contribution is -2.45. The maximum absolute atomic E-state index is 13.8. The molecule has 40 heavy (non-hydrogen) atoms. The predicted octanol–water partition coefficient (Wildman–Crippen LogP) is 4.26. The van der Waals surface area contributed by atoms with Gasteiger partial charge in [0.05, 0.1) is 25.3 Å². The number of carbonyl (C=O) groups is 1. The molecule has 0 atom stereocenters. The number of ether oxygens (including phenoxy) is 1. The van der Waals surface area contributed by atoms with Crippen molar-refractivity contribution in [2.75, 3.05) is 31.6 Å². The minimum absolute atomic E-state index is 0.0650. The summed E-state index contributed by atoms with van der Waals surface area (Å²) in [5.74, 6) is -0.433. The third-order valence-electron chi connectivity index (χ3n) is 6.84. The first-order chi connectivity index (χ1) is 19.3. The molecule has 2 aliphatic heterocycles. The Bertz CT molecular complexity index is 1680. The van der Waals surface area contributed by atoms with Gasteiger partial charge in [-0.2, -0.15) is 0 Å². The first kappa shape index (κ1) is 26.3. The summed E-state index contributed by atoms with van der Waals surface area (Å²) in [7, 11) is -3.77. The molecule has 5 N–H and O–H groups in total. The fourth-order valence-corrected chi connectivity index (χ4v) is 7.55. The first-order valence-corrected chi connectivity index (χ1v) is 15.0. The maximum Gasteiger partial charge on any atom is 0.317 e. The van der Waals surface area contributed by atoms with E-state index in [-0.39, 0.29) is 41.2 Å². The van der Waals surface area contributed by atoms with E-state index in [2.05, 4.69) is 15.0 Å². The molecule has 0 unspecified atom stereocenters. The van der Waals surface area contributed by atoms with Crippen molar-refractivity contribution in [1.29, 1.82) is 0 Å². The topological polar surface area (TPSA) is 149 Å². The van der Waals surface area contributed by atoms with E-state index >= 15 is 0 Å². The number of fused-ring (bicyclic) bond motifs is 2. The second kappa shape index (κ2) is 10.6. The lowest BCUT2D eigenvalue weighted by atomic mass is 10.1. The zero-order chi connectivity index (χ0) is 27.9. The molecule has 6 rings (SSSR count). The normalized spacial score (nSPS) is 17.1. The maximum atomic E-state index is 13.8. The van der Waals surface area contributed by atoms with Crippen molar-refractivity contribution in [2.45, 2.75) is 18.0 Å². The molecule has 1 saturated heterocycles. The molecular weight excluding hydrogens is 554 g/mol. The number of anilines is 1. The Hall–Kier alpha value is -3.88. The van der Waals surface area contributed by atoms with Gasteiger partial charge in [0.15, 0.2) is 5.84 Å². The van der Waals surface area contributed by atoms with Crippen LogP contribution in [0.3, 0.4) is 0 Å². The fourth-order valence-electron chi connectivity index (χ4n) is 4.88. The number of thiophene rings is 1. The molecule has 0 aliphatic carbocycles. The summed E-state index contributed by atoms with van der Waals surface area (Å²) in [6.45, 7) is 2.21. The van der Waals surface area contributed by atoms with Crippen molar-refractivity contribution in [2.24, 2.45) is 4.40 Å². The van der Waals surface area contributed by atoms with Gasteiger partial charge in [-0.05, 0) is 23.1 Å². The zero-order valence-electron chi connectivity index (χ0n) is 21.2. The average Bonchev–Trinajstić information content (AvgIpc) is 3.39. The Labute approximate surface area is 234 Å². The van der Waals surface area contributed by atoms with Gasteiger partial charge in [0, 0.05) is 30.6 Å². The number of hydrogen-bond acceptors (Lipinski definition) is 9. The molecule has 0 radical (unpaired) electrons. The number of carbonyl (C=O) groups excluding carboxylic acids is 1.